The summed E-state index contributed by atoms with van der Waals surface area (Å²) in [5, 5.41) is 1.32. The maximum atomic E-state index is 12.6. The summed E-state index contributed by atoms with van der Waals surface area (Å²) in [5.74, 6) is -1.52. The van der Waals surface area contributed by atoms with Gasteiger partial charge in [-0.2, -0.15) is 0 Å². The molecule has 4 rings (SSSR count). The molecule has 0 radical (unpaired) electrons. The van der Waals surface area contributed by atoms with Gasteiger partial charge in [0.05, 0.1) is 17.0 Å². The number of halogens is 1. The maximum Gasteiger partial charge on any atom is 0.379 e. The van der Waals surface area contributed by atoms with Gasteiger partial charge in [-0.3, -0.25) is 15.0 Å². The van der Waals surface area contributed by atoms with E-state index in [1.54, 1.807) is 36.4 Å². The lowest BCUT2D eigenvalue weighted by molar-refractivity contribution is -0.117. The Morgan fingerprint density at radius 1 is 1.07 bits per heavy atom. The number of carbonyl (C=O) groups is 3. The summed E-state index contributed by atoms with van der Waals surface area (Å²) in [4.78, 5) is 36.8. The summed E-state index contributed by atoms with van der Waals surface area (Å²) >= 11 is 6.18. The Morgan fingerprint density at radius 2 is 1.86 bits per heavy atom. The molecule has 1 fully saturated rings. The zero-order chi connectivity index (χ0) is 20.4. The summed E-state index contributed by atoms with van der Waals surface area (Å²) in [6.45, 7) is 0. The van der Waals surface area contributed by atoms with Crippen molar-refractivity contribution in [3.63, 3.8) is 0 Å². The largest absolute Gasteiger partial charge is 0.457 e. The Bertz CT molecular complexity index is 1120. The van der Waals surface area contributed by atoms with Crippen LogP contribution in [0.5, 0.6) is 5.75 Å². The van der Waals surface area contributed by atoms with E-state index in [1.807, 2.05) is 6.07 Å². The van der Waals surface area contributed by atoms with Gasteiger partial charge < -0.3 is 9.15 Å². The predicted octanol–water partition coefficient (Wildman–Crippen LogP) is 3.61. The van der Waals surface area contributed by atoms with Crippen molar-refractivity contribution in [2.75, 3.05) is 5.01 Å². The van der Waals surface area contributed by atoms with Crippen molar-refractivity contribution in [3.05, 3.63) is 88.8 Å². The van der Waals surface area contributed by atoms with Crippen LogP contribution in [-0.2, 0) is 9.59 Å². The number of hydrogen-bond acceptors (Lipinski definition) is 5. The highest BCUT2D eigenvalue weighted by Gasteiger charge is 2.34. The van der Waals surface area contributed by atoms with Crippen molar-refractivity contribution >= 4 is 41.1 Å². The Morgan fingerprint density at radius 3 is 2.55 bits per heavy atom. The van der Waals surface area contributed by atoms with E-state index >= 15 is 0 Å². The first-order valence-electron chi connectivity index (χ1n) is 8.50. The van der Waals surface area contributed by atoms with Crippen molar-refractivity contribution in [2.24, 2.45) is 0 Å². The summed E-state index contributed by atoms with van der Waals surface area (Å²) in [7, 11) is 0. The van der Waals surface area contributed by atoms with E-state index in [2.05, 4.69) is 5.43 Å². The Kier molecular flexibility index (Phi) is 4.88. The van der Waals surface area contributed by atoms with E-state index in [9.17, 15) is 14.4 Å². The van der Waals surface area contributed by atoms with Crippen LogP contribution >= 0.6 is 11.6 Å². The molecule has 2 heterocycles. The number of furan rings is 1. The molecule has 29 heavy (non-hydrogen) atoms. The molecule has 1 saturated heterocycles. The number of nitrogens with one attached hydrogen (secondary N) is 1. The minimum absolute atomic E-state index is 0.0368. The SMILES string of the molecule is O=C1NN(c2ccccc2)C(=O)C1=Cc1ccc(OC(=O)c2ccco2)c(Cl)c1. The highest BCUT2D eigenvalue weighted by molar-refractivity contribution is 6.33. The van der Waals surface area contributed by atoms with Crippen LogP contribution in [-0.4, -0.2) is 17.8 Å². The molecule has 1 N–H and O–H groups in total. The zero-order valence-electron chi connectivity index (χ0n) is 14.8. The lowest BCUT2D eigenvalue weighted by Gasteiger charge is -2.13. The smallest absolute Gasteiger partial charge is 0.379 e. The Hall–Kier alpha value is -3.84. The van der Waals surface area contributed by atoms with E-state index < -0.39 is 17.8 Å². The summed E-state index contributed by atoms with van der Waals surface area (Å²) in [6, 6.07) is 16.3. The number of nitrogens with zero attached hydrogens (tertiary/aromatic N) is 1. The average Bonchev–Trinajstić information content (AvgIpc) is 3.35. The summed E-state index contributed by atoms with van der Waals surface area (Å²) in [6.07, 6.45) is 2.78. The molecule has 1 aromatic heterocycles. The second-order valence-corrected chi connectivity index (χ2v) is 6.44. The standard InChI is InChI=1S/C21H13ClN2O5/c22-16-12-13(8-9-17(16)29-21(27)18-7-4-10-28-18)11-15-19(25)23-24(20(15)26)14-5-2-1-3-6-14/h1-12H,(H,23,25). The van der Waals surface area contributed by atoms with Gasteiger partial charge in [-0.15, -0.1) is 0 Å². The molecule has 8 heteroatoms. The maximum absolute atomic E-state index is 12.6. The van der Waals surface area contributed by atoms with Gasteiger partial charge in [-0.05, 0) is 48.0 Å². The van der Waals surface area contributed by atoms with Gasteiger partial charge in [-0.25, -0.2) is 9.80 Å². The summed E-state index contributed by atoms with van der Waals surface area (Å²) in [5.41, 5.74) is 3.53. The van der Waals surface area contributed by atoms with Gasteiger partial charge in [-0.1, -0.05) is 35.9 Å². The monoisotopic (exact) mass is 408 g/mol. The molecule has 1 aliphatic rings. The number of rotatable bonds is 4. The third-order valence-electron chi connectivity index (χ3n) is 4.10. The number of esters is 1. The molecule has 0 bridgehead atoms. The topological polar surface area (TPSA) is 88.9 Å². The zero-order valence-corrected chi connectivity index (χ0v) is 15.6. The molecular weight excluding hydrogens is 396 g/mol. The fourth-order valence-electron chi connectivity index (χ4n) is 2.72. The van der Waals surface area contributed by atoms with Crippen LogP contribution in [0.3, 0.4) is 0 Å². The molecule has 144 valence electrons. The van der Waals surface area contributed by atoms with Crippen LogP contribution in [0.2, 0.25) is 5.02 Å². The molecule has 0 unspecified atom stereocenters. The fraction of sp³-hybridized carbons (Fsp3) is 0. The third-order valence-corrected chi connectivity index (χ3v) is 4.39. The number of hydrazine groups is 1. The summed E-state index contributed by atoms with van der Waals surface area (Å²) < 4.78 is 10.2. The predicted molar refractivity (Wildman–Crippen MR) is 105 cm³/mol. The van der Waals surface area contributed by atoms with Crippen LogP contribution in [0.15, 0.2) is 76.9 Å². The van der Waals surface area contributed by atoms with Crippen LogP contribution in [0.1, 0.15) is 16.1 Å². The first-order valence-corrected chi connectivity index (χ1v) is 8.88. The first kappa shape index (κ1) is 18.5. The number of carbonyl (C=O) groups excluding carboxylic acids is 3. The number of amides is 2. The van der Waals surface area contributed by atoms with Gasteiger partial charge in [0, 0.05) is 0 Å². The molecule has 0 aliphatic carbocycles. The van der Waals surface area contributed by atoms with Gasteiger partial charge in [0.15, 0.2) is 0 Å². The van der Waals surface area contributed by atoms with E-state index in [0.29, 0.717) is 11.3 Å². The molecule has 2 amide bonds. The van der Waals surface area contributed by atoms with Gasteiger partial charge in [0.2, 0.25) is 5.76 Å². The van der Waals surface area contributed by atoms with Gasteiger partial charge in [0.1, 0.15) is 11.3 Å². The van der Waals surface area contributed by atoms with Gasteiger partial charge >= 0.3 is 5.97 Å². The molecule has 1 aliphatic heterocycles. The number of benzene rings is 2. The van der Waals surface area contributed by atoms with Crippen molar-refractivity contribution in [1.82, 2.24) is 5.43 Å². The number of para-hydroxylation sites is 1. The molecule has 0 saturated carbocycles. The van der Waals surface area contributed by atoms with Gasteiger partial charge in [0.25, 0.3) is 11.8 Å². The molecule has 2 aromatic carbocycles. The van der Waals surface area contributed by atoms with Crippen molar-refractivity contribution in [1.29, 1.82) is 0 Å². The quantitative estimate of drug-likeness (QED) is 0.308. The molecule has 0 spiro atoms. The highest BCUT2D eigenvalue weighted by atomic mass is 35.5. The van der Waals surface area contributed by atoms with Crippen molar-refractivity contribution < 1.29 is 23.5 Å². The van der Waals surface area contributed by atoms with E-state index in [0.717, 1.165) is 0 Å². The Labute approximate surface area is 170 Å². The molecule has 0 atom stereocenters. The number of hydrogen-bond donors (Lipinski definition) is 1. The van der Waals surface area contributed by atoms with Crippen LogP contribution < -0.4 is 15.2 Å². The lowest BCUT2D eigenvalue weighted by atomic mass is 10.1. The number of anilines is 1. The Balaban J connectivity index is 1.55. The van der Waals surface area contributed by atoms with Crippen LogP contribution in [0, 0.1) is 0 Å². The van der Waals surface area contributed by atoms with Crippen molar-refractivity contribution in [2.45, 2.75) is 0 Å². The minimum atomic E-state index is -0.688. The first-order chi connectivity index (χ1) is 14.0. The second kappa shape index (κ2) is 7.65. The minimum Gasteiger partial charge on any atom is -0.457 e. The molecule has 3 aromatic rings. The fourth-order valence-corrected chi connectivity index (χ4v) is 2.95. The average molecular weight is 409 g/mol. The highest BCUT2D eigenvalue weighted by Crippen LogP contribution is 2.28. The van der Waals surface area contributed by atoms with Crippen LogP contribution in [0.25, 0.3) is 6.08 Å². The second-order valence-electron chi connectivity index (χ2n) is 6.03. The molecular formula is C21H13ClN2O5. The number of ether oxygens (including phenoxy) is 1. The van der Waals surface area contributed by atoms with E-state index in [4.69, 9.17) is 20.8 Å². The van der Waals surface area contributed by atoms with Crippen molar-refractivity contribution in [3.8, 4) is 5.75 Å². The van der Waals surface area contributed by atoms with E-state index in [1.165, 1.54) is 35.5 Å². The lowest BCUT2D eigenvalue weighted by Crippen LogP contribution is -2.35. The van der Waals surface area contributed by atoms with E-state index in [-0.39, 0.29) is 22.1 Å². The normalized spacial score (nSPS) is 14.9. The molecule has 7 nitrogen and oxygen atoms in total. The van der Waals surface area contributed by atoms with Crippen LogP contribution in [0.4, 0.5) is 5.69 Å². The third kappa shape index (κ3) is 3.76.